The van der Waals surface area contributed by atoms with Crippen molar-refractivity contribution in [2.45, 2.75) is 32.2 Å². The molecule has 0 fully saturated rings. The molecule has 0 atom stereocenters. The summed E-state index contributed by atoms with van der Waals surface area (Å²) in [5.74, 6) is -0.886. The molecule has 4 heteroatoms. The number of nitriles is 1. The van der Waals surface area contributed by atoms with Crippen molar-refractivity contribution in [3.63, 3.8) is 0 Å². The first-order chi connectivity index (χ1) is 8.06. The van der Waals surface area contributed by atoms with Gasteiger partial charge in [-0.1, -0.05) is 19.9 Å². The molecule has 0 aliphatic heterocycles. The maximum Gasteiger partial charge on any atom is 0.252 e. The smallest absolute Gasteiger partial charge is 0.252 e. The third-order valence-corrected chi connectivity index (χ3v) is 2.86. The molecule has 1 amide bonds. The quantitative estimate of drug-likeness (QED) is 0.870. The van der Waals surface area contributed by atoms with Gasteiger partial charge in [0.2, 0.25) is 0 Å². The Morgan fingerprint density at radius 3 is 2.59 bits per heavy atom. The van der Waals surface area contributed by atoms with E-state index in [9.17, 15) is 9.18 Å². The van der Waals surface area contributed by atoms with Crippen LogP contribution in [0.4, 0.5) is 4.39 Å². The summed E-state index contributed by atoms with van der Waals surface area (Å²) in [4.78, 5) is 11.9. The Hall–Kier alpha value is -1.89. The highest BCUT2D eigenvalue weighted by Gasteiger charge is 2.28. The Kier molecular flexibility index (Phi) is 4.22. The van der Waals surface area contributed by atoms with Gasteiger partial charge in [-0.05, 0) is 31.0 Å². The van der Waals surface area contributed by atoms with E-state index < -0.39 is 17.3 Å². The molecule has 1 rings (SSSR count). The topological polar surface area (TPSA) is 52.9 Å². The van der Waals surface area contributed by atoms with Gasteiger partial charge in [0.05, 0.1) is 6.07 Å². The van der Waals surface area contributed by atoms with Gasteiger partial charge in [0.25, 0.3) is 5.91 Å². The van der Waals surface area contributed by atoms with Gasteiger partial charge < -0.3 is 5.32 Å². The molecule has 1 aromatic carbocycles. The van der Waals surface area contributed by atoms with Gasteiger partial charge >= 0.3 is 0 Å². The minimum absolute atomic E-state index is 0.228. The molecule has 17 heavy (non-hydrogen) atoms. The lowest BCUT2D eigenvalue weighted by atomic mass is 9.94. The van der Waals surface area contributed by atoms with E-state index in [1.165, 1.54) is 18.2 Å². The predicted molar refractivity (Wildman–Crippen MR) is 62.8 cm³/mol. The largest absolute Gasteiger partial charge is 0.334 e. The van der Waals surface area contributed by atoms with Gasteiger partial charge in [0.1, 0.15) is 11.4 Å². The number of benzene rings is 1. The van der Waals surface area contributed by atoms with Crippen molar-refractivity contribution in [3.05, 3.63) is 35.6 Å². The van der Waals surface area contributed by atoms with Gasteiger partial charge in [-0.2, -0.15) is 5.26 Å². The summed E-state index contributed by atoms with van der Waals surface area (Å²) in [6.07, 6.45) is 1.03. The molecule has 0 aliphatic rings. The van der Waals surface area contributed by atoms with E-state index in [1.807, 2.05) is 13.8 Å². The van der Waals surface area contributed by atoms with Crippen molar-refractivity contribution in [2.75, 3.05) is 0 Å². The first kappa shape index (κ1) is 13.2. The third kappa shape index (κ3) is 3.04. The Morgan fingerprint density at radius 1 is 1.47 bits per heavy atom. The molecule has 0 saturated heterocycles. The maximum atomic E-state index is 13.0. The highest BCUT2D eigenvalue weighted by atomic mass is 19.1. The van der Waals surface area contributed by atoms with Crippen LogP contribution in [0.3, 0.4) is 0 Å². The number of hydrogen-bond donors (Lipinski definition) is 1. The van der Waals surface area contributed by atoms with Crippen molar-refractivity contribution in [3.8, 4) is 6.07 Å². The monoisotopic (exact) mass is 234 g/mol. The van der Waals surface area contributed by atoms with Crippen LogP contribution in [0.15, 0.2) is 24.3 Å². The molecule has 0 aromatic heterocycles. The number of nitrogens with zero attached hydrogens (tertiary/aromatic N) is 1. The standard InChI is InChI=1S/C13H15FN2O/c1-3-13(4-2,9-15)16-12(17)10-6-5-7-11(14)8-10/h5-8H,3-4H2,1-2H3,(H,16,17). The van der Waals surface area contributed by atoms with Gasteiger partial charge in [-0.25, -0.2) is 4.39 Å². The lowest BCUT2D eigenvalue weighted by Gasteiger charge is -2.24. The summed E-state index contributed by atoms with van der Waals surface area (Å²) in [6, 6.07) is 7.52. The number of amides is 1. The van der Waals surface area contributed by atoms with Crippen LogP contribution in [-0.2, 0) is 0 Å². The SMILES string of the molecule is CCC(C#N)(CC)NC(=O)c1cccc(F)c1. The van der Waals surface area contributed by atoms with Crippen LogP contribution < -0.4 is 5.32 Å². The van der Waals surface area contributed by atoms with E-state index in [-0.39, 0.29) is 5.56 Å². The van der Waals surface area contributed by atoms with E-state index in [0.29, 0.717) is 12.8 Å². The van der Waals surface area contributed by atoms with Crippen molar-refractivity contribution in [1.29, 1.82) is 5.26 Å². The summed E-state index contributed by atoms with van der Waals surface area (Å²) in [5.41, 5.74) is -0.643. The highest BCUT2D eigenvalue weighted by molar-refractivity contribution is 5.94. The van der Waals surface area contributed by atoms with Crippen LogP contribution in [0.1, 0.15) is 37.0 Å². The normalized spacial score (nSPS) is 10.7. The van der Waals surface area contributed by atoms with Crippen LogP contribution in [0.2, 0.25) is 0 Å². The van der Waals surface area contributed by atoms with Gasteiger partial charge in [0, 0.05) is 5.56 Å². The molecule has 3 nitrogen and oxygen atoms in total. The van der Waals surface area contributed by atoms with Crippen molar-refractivity contribution >= 4 is 5.91 Å². The zero-order valence-corrected chi connectivity index (χ0v) is 9.96. The zero-order chi connectivity index (χ0) is 12.9. The lowest BCUT2D eigenvalue weighted by molar-refractivity contribution is 0.0915. The van der Waals surface area contributed by atoms with E-state index in [0.717, 1.165) is 6.07 Å². The van der Waals surface area contributed by atoms with E-state index in [1.54, 1.807) is 0 Å². The molecular formula is C13H15FN2O. The predicted octanol–water partition coefficient (Wildman–Crippen LogP) is 2.64. The van der Waals surface area contributed by atoms with Crippen LogP contribution in [0.5, 0.6) is 0 Å². The maximum absolute atomic E-state index is 13.0. The summed E-state index contributed by atoms with van der Waals surface area (Å²) < 4.78 is 13.0. The molecule has 0 aliphatic carbocycles. The molecule has 0 saturated carbocycles. The number of carbonyl (C=O) groups excluding carboxylic acids is 1. The van der Waals surface area contributed by atoms with Gasteiger partial charge in [0.15, 0.2) is 0 Å². The molecular weight excluding hydrogens is 219 g/mol. The Bertz CT molecular complexity index is 447. The lowest BCUT2D eigenvalue weighted by Crippen LogP contribution is -2.46. The van der Waals surface area contributed by atoms with E-state index in [4.69, 9.17) is 5.26 Å². The van der Waals surface area contributed by atoms with Crippen LogP contribution in [0, 0.1) is 17.1 Å². The Balaban J connectivity index is 2.89. The average Bonchev–Trinajstić information content (AvgIpc) is 2.36. The van der Waals surface area contributed by atoms with Crippen molar-refractivity contribution in [2.24, 2.45) is 0 Å². The molecule has 90 valence electrons. The number of halogens is 1. The third-order valence-electron chi connectivity index (χ3n) is 2.86. The van der Waals surface area contributed by atoms with Gasteiger partial charge in [-0.3, -0.25) is 4.79 Å². The van der Waals surface area contributed by atoms with Crippen LogP contribution in [0.25, 0.3) is 0 Å². The Morgan fingerprint density at radius 2 is 2.12 bits per heavy atom. The molecule has 0 radical (unpaired) electrons. The minimum atomic E-state index is -0.872. The second-order valence-electron chi connectivity index (χ2n) is 3.87. The molecule has 0 spiro atoms. The fourth-order valence-electron chi connectivity index (χ4n) is 1.53. The molecule has 1 N–H and O–H groups in total. The van der Waals surface area contributed by atoms with Gasteiger partial charge in [-0.15, -0.1) is 0 Å². The van der Waals surface area contributed by atoms with Crippen molar-refractivity contribution < 1.29 is 9.18 Å². The molecule has 1 aromatic rings. The first-order valence-electron chi connectivity index (χ1n) is 5.56. The fourth-order valence-corrected chi connectivity index (χ4v) is 1.53. The first-order valence-corrected chi connectivity index (χ1v) is 5.56. The van der Waals surface area contributed by atoms with E-state index >= 15 is 0 Å². The van der Waals surface area contributed by atoms with E-state index in [2.05, 4.69) is 11.4 Å². The number of nitrogens with one attached hydrogen (secondary N) is 1. The molecule has 0 unspecified atom stereocenters. The average molecular weight is 234 g/mol. The molecule has 0 bridgehead atoms. The zero-order valence-electron chi connectivity index (χ0n) is 9.96. The number of hydrogen-bond acceptors (Lipinski definition) is 2. The van der Waals surface area contributed by atoms with Crippen LogP contribution in [-0.4, -0.2) is 11.4 Å². The van der Waals surface area contributed by atoms with Crippen molar-refractivity contribution in [1.82, 2.24) is 5.32 Å². The van der Waals surface area contributed by atoms with Crippen LogP contribution >= 0.6 is 0 Å². The number of carbonyl (C=O) groups is 1. The second-order valence-corrected chi connectivity index (χ2v) is 3.87. The summed E-state index contributed by atoms with van der Waals surface area (Å²) in [5, 5.41) is 11.7. The highest BCUT2D eigenvalue weighted by Crippen LogP contribution is 2.15. The summed E-state index contributed by atoms with van der Waals surface area (Å²) in [6.45, 7) is 3.66. The molecule has 0 heterocycles. The summed E-state index contributed by atoms with van der Waals surface area (Å²) >= 11 is 0. The minimum Gasteiger partial charge on any atom is -0.334 e. The summed E-state index contributed by atoms with van der Waals surface area (Å²) in [7, 11) is 0. The fraction of sp³-hybridized carbons (Fsp3) is 0.385. The Labute approximate surface area is 100 Å². The second kappa shape index (κ2) is 5.44. The number of rotatable bonds is 4.